The van der Waals surface area contributed by atoms with E-state index in [1.165, 1.54) is 13.5 Å². The van der Waals surface area contributed by atoms with Gasteiger partial charge in [0.05, 0.1) is 17.7 Å². The summed E-state index contributed by atoms with van der Waals surface area (Å²) in [5.41, 5.74) is 0.852. The number of hydrogen-bond donors (Lipinski definition) is 1. The summed E-state index contributed by atoms with van der Waals surface area (Å²) in [6.45, 7) is 1.55. The lowest BCUT2D eigenvalue weighted by Gasteiger charge is -2.32. The number of thioether (sulfide) groups is 1. The quantitative estimate of drug-likeness (QED) is 0.835. The van der Waals surface area contributed by atoms with Crippen molar-refractivity contribution in [1.82, 2.24) is 4.90 Å². The molecule has 0 saturated carbocycles. The minimum absolute atomic E-state index is 0.127. The van der Waals surface area contributed by atoms with E-state index >= 15 is 0 Å². The van der Waals surface area contributed by atoms with Gasteiger partial charge in [0.2, 0.25) is 0 Å². The molecule has 0 radical (unpaired) electrons. The molecule has 5 nitrogen and oxygen atoms in total. The summed E-state index contributed by atoms with van der Waals surface area (Å²) in [6, 6.07) is 4.64. The number of benzene rings is 1. The fourth-order valence-corrected chi connectivity index (χ4v) is 3.69. The van der Waals surface area contributed by atoms with Gasteiger partial charge in [-0.3, -0.25) is 0 Å². The van der Waals surface area contributed by atoms with Gasteiger partial charge in [0.25, 0.3) is 0 Å². The number of carbonyl (C=O) groups excluding carboxylic acids is 2. The van der Waals surface area contributed by atoms with Crippen molar-refractivity contribution >= 4 is 41.1 Å². The van der Waals surface area contributed by atoms with Gasteiger partial charge < -0.3 is 15.0 Å². The van der Waals surface area contributed by atoms with Crippen LogP contribution >= 0.6 is 23.4 Å². The highest BCUT2D eigenvalue weighted by molar-refractivity contribution is 7.98. The lowest BCUT2D eigenvalue weighted by molar-refractivity contribution is 0.0601. The number of carbonyl (C=O) groups is 2. The van der Waals surface area contributed by atoms with Crippen LogP contribution in [0, 0.1) is 5.92 Å². The number of hydrogen-bond acceptors (Lipinski definition) is 4. The maximum atomic E-state index is 12.4. The van der Waals surface area contributed by atoms with Crippen molar-refractivity contribution in [2.45, 2.75) is 12.8 Å². The number of nitrogens with zero attached hydrogens (tertiary/aromatic N) is 1. The number of nitrogens with one attached hydrogen (secondary N) is 1. The van der Waals surface area contributed by atoms with Crippen LogP contribution in [0.1, 0.15) is 23.2 Å². The highest BCUT2D eigenvalue weighted by atomic mass is 35.5. The van der Waals surface area contributed by atoms with E-state index in [1.54, 1.807) is 18.2 Å². The van der Waals surface area contributed by atoms with Crippen LogP contribution in [0.4, 0.5) is 10.5 Å². The first-order valence-corrected chi connectivity index (χ1v) is 9.25. The van der Waals surface area contributed by atoms with Crippen molar-refractivity contribution in [3.63, 3.8) is 0 Å². The molecular weight excluding hydrogens is 336 g/mol. The Morgan fingerprint density at radius 1 is 1.48 bits per heavy atom. The van der Waals surface area contributed by atoms with Crippen LogP contribution in [0.15, 0.2) is 18.2 Å². The van der Waals surface area contributed by atoms with Gasteiger partial charge in [-0.2, -0.15) is 11.8 Å². The third kappa shape index (κ3) is 4.78. The molecule has 1 fully saturated rings. The summed E-state index contributed by atoms with van der Waals surface area (Å²) in [5, 5.41) is 3.10. The molecule has 1 aliphatic heterocycles. The van der Waals surface area contributed by atoms with Crippen LogP contribution in [0.25, 0.3) is 0 Å². The van der Waals surface area contributed by atoms with E-state index < -0.39 is 5.97 Å². The largest absolute Gasteiger partial charge is 0.465 e. The van der Waals surface area contributed by atoms with Crippen molar-refractivity contribution in [3.8, 4) is 0 Å². The van der Waals surface area contributed by atoms with Crippen molar-refractivity contribution in [2.24, 2.45) is 5.92 Å². The van der Waals surface area contributed by atoms with Crippen LogP contribution in [0.5, 0.6) is 0 Å². The molecule has 126 valence electrons. The summed E-state index contributed by atoms with van der Waals surface area (Å²) >= 11 is 7.88. The SMILES string of the molecule is COC(=O)c1ccc(NC(=O)N2CCCC(CSC)C2)cc1Cl. The van der Waals surface area contributed by atoms with Crippen LogP contribution < -0.4 is 5.32 Å². The van der Waals surface area contributed by atoms with Crippen LogP contribution in [-0.4, -0.2) is 49.1 Å². The van der Waals surface area contributed by atoms with E-state index in [0.717, 1.165) is 25.3 Å². The number of anilines is 1. The van der Waals surface area contributed by atoms with E-state index in [9.17, 15) is 9.59 Å². The van der Waals surface area contributed by atoms with E-state index in [0.29, 0.717) is 11.6 Å². The first-order valence-electron chi connectivity index (χ1n) is 7.48. The topological polar surface area (TPSA) is 58.6 Å². The van der Waals surface area contributed by atoms with Gasteiger partial charge in [0.15, 0.2) is 0 Å². The summed E-state index contributed by atoms with van der Waals surface area (Å²) in [4.78, 5) is 25.7. The molecule has 1 aromatic carbocycles. The zero-order valence-electron chi connectivity index (χ0n) is 13.3. The zero-order valence-corrected chi connectivity index (χ0v) is 14.9. The van der Waals surface area contributed by atoms with Gasteiger partial charge in [-0.1, -0.05) is 11.6 Å². The number of likely N-dealkylation sites (tertiary alicyclic amines) is 1. The predicted molar refractivity (Wildman–Crippen MR) is 94.5 cm³/mol. The first kappa shape index (κ1) is 17.9. The molecule has 0 aromatic heterocycles. The second-order valence-corrected chi connectivity index (χ2v) is 6.84. The second kappa shape index (κ2) is 8.45. The molecule has 23 heavy (non-hydrogen) atoms. The Labute approximate surface area is 145 Å². The number of esters is 1. The summed E-state index contributed by atoms with van der Waals surface area (Å²) in [6.07, 6.45) is 4.29. The average Bonchev–Trinajstić information content (AvgIpc) is 2.55. The van der Waals surface area contributed by atoms with Crippen LogP contribution in [0.3, 0.4) is 0 Å². The molecule has 1 atom stereocenters. The molecular formula is C16H21ClN2O3S. The van der Waals surface area contributed by atoms with Gasteiger partial charge in [0, 0.05) is 18.8 Å². The Hall–Kier alpha value is -1.40. The lowest BCUT2D eigenvalue weighted by Crippen LogP contribution is -2.42. The fourth-order valence-electron chi connectivity index (χ4n) is 2.69. The highest BCUT2D eigenvalue weighted by Crippen LogP contribution is 2.23. The second-order valence-electron chi connectivity index (χ2n) is 5.53. The van der Waals surface area contributed by atoms with Gasteiger partial charge >= 0.3 is 12.0 Å². The number of piperidine rings is 1. The highest BCUT2D eigenvalue weighted by Gasteiger charge is 2.23. The lowest BCUT2D eigenvalue weighted by atomic mass is 10.0. The van der Waals surface area contributed by atoms with E-state index in [1.807, 2.05) is 16.7 Å². The molecule has 2 amide bonds. The number of methoxy groups -OCH3 is 1. The van der Waals surface area contributed by atoms with Crippen molar-refractivity contribution in [3.05, 3.63) is 28.8 Å². The third-order valence-corrected chi connectivity index (χ3v) is 4.95. The van der Waals surface area contributed by atoms with Crippen molar-refractivity contribution < 1.29 is 14.3 Å². The molecule has 0 bridgehead atoms. The summed E-state index contributed by atoms with van der Waals surface area (Å²) in [5.74, 6) is 1.13. The van der Waals surface area contributed by atoms with E-state index in [4.69, 9.17) is 11.6 Å². The zero-order chi connectivity index (χ0) is 16.8. The Morgan fingerprint density at radius 3 is 2.91 bits per heavy atom. The molecule has 1 aliphatic rings. The van der Waals surface area contributed by atoms with Crippen molar-refractivity contribution in [1.29, 1.82) is 0 Å². The molecule has 1 aromatic rings. The van der Waals surface area contributed by atoms with E-state index in [2.05, 4.69) is 16.3 Å². The molecule has 0 aliphatic carbocycles. The first-order chi connectivity index (χ1) is 11.0. The van der Waals surface area contributed by atoms with Gasteiger partial charge in [-0.05, 0) is 49.0 Å². The van der Waals surface area contributed by atoms with Crippen LogP contribution in [0.2, 0.25) is 5.02 Å². The van der Waals surface area contributed by atoms with Crippen LogP contribution in [-0.2, 0) is 4.74 Å². The number of urea groups is 1. The average molecular weight is 357 g/mol. The molecule has 2 rings (SSSR count). The standard InChI is InChI=1S/C16H21ClN2O3S/c1-22-15(20)13-6-5-12(8-14(13)17)18-16(21)19-7-3-4-11(9-19)10-23-2/h5-6,8,11H,3-4,7,9-10H2,1-2H3,(H,18,21). The summed E-state index contributed by atoms with van der Waals surface area (Å²) < 4.78 is 4.65. The minimum Gasteiger partial charge on any atom is -0.465 e. The monoisotopic (exact) mass is 356 g/mol. The number of amides is 2. The normalized spacial score (nSPS) is 17.7. The molecule has 0 spiro atoms. The van der Waals surface area contributed by atoms with Gasteiger partial charge in [0.1, 0.15) is 0 Å². The number of ether oxygens (including phenoxy) is 1. The molecule has 7 heteroatoms. The fraction of sp³-hybridized carbons (Fsp3) is 0.500. The minimum atomic E-state index is -0.496. The third-order valence-electron chi connectivity index (χ3n) is 3.83. The Balaban J connectivity index is 2.00. The van der Waals surface area contributed by atoms with E-state index in [-0.39, 0.29) is 16.6 Å². The smallest absolute Gasteiger partial charge is 0.339 e. The Bertz CT molecular complexity index is 580. The maximum Gasteiger partial charge on any atom is 0.339 e. The molecule has 1 heterocycles. The number of halogens is 1. The van der Waals surface area contributed by atoms with Gasteiger partial charge in [-0.15, -0.1) is 0 Å². The Kier molecular flexibility index (Phi) is 6.59. The molecule has 1 saturated heterocycles. The maximum absolute atomic E-state index is 12.4. The number of rotatable bonds is 4. The summed E-state index contributed by atoms with van der Waals surface area (Å²) in [7, 11) is 1.30. The van der Waals surface area contributed by atoms with Gasteiger partial charge in [-0.25, -0.2) is 9.59 Å². The molecule has 1 unspecified atom stereocenters. The van der Waals surface area contributed by atoms with Crippen molar-refractivity contribution in [2.75, 3.05) is 37.5 Å². The Morgan fingerprint density at radius 2 is 2.26 bits per heavy atom. The predicted octanol–water partition coefficient (Wildman–Crippen LogP) is 3.73. The molecule has 1 N–H and O–H groups in total.